The first-order chi connectivity index (χ1) is 8.38. The second-order valence-electron chi connectivity index (χ2n) is 3.62. The smallest absolute Gasteiger partial charge is 0.393 e. The van der Waals surface area contributed by atoms with Crippen LogP contribution >= 0.6 is 0 Å². The molecule has 2 aromatic heterocycles. The molecule has 0 saturated heterocycles. The number of aromatic nitrogens is 2. The van der Waals surface area contributed by atoms with Gasteiger partial charge in [-0.2, -0.15) is 4.98 Å². The summed E-state index contributed by atoms with van der Waals surface area (Å²) in [6.45, 7) is 0.941. The maximum atomic E-state index is 5.41. The Balaban J connectivity index is 1.69. The molecule has 0 fully saturated rings. The molecular weight excluding hydrogens is 218 g/mol. The first-order valence-corrected chi connectivity index (χ1v) is 5.54. The molecule has 0 saturated carbocycles. The molecule has 0 amide bonds. The third kappa shape index (κ3) is 3.57. The van der Waals surface area contributed by atoms with Gasteiger partial charge in [0.1, 0.15) is 6.26 Å². The van der Waals surface area contributed by atoms with E-state index in [4.69, 9.17) is 14.9 Å². The van der Waals surface area contributed by atoms with Crippen molar-refractivity contribution in [3.05, 3.63) is 42.0 Å². The molecule has 5 nitrogen and oxygen atoms in total. The van der Waals surface area contributed by atoms with E-state index in [0.29, 0.717) is 24.9 Å². The van der Waals surface area contributed by atoms with Gasteiger partial charge >= 0.3 is 6.08 Å². The van der Waals surface area contributed by atoms with Gasteiger partial charge in [0.05, 0.1) is 12.3 Å². The molecule has 90 valence electrons. The number of hydrogen-bond acceptors (Lipinski definition) is 5. The SMILES string of the molecule is NCc1coc(OCCCc2ccncc2)n1. The van der Waals surface area contributed by atoms with Gasteiger partial charge in [-0.1, -0.05) is 0 Å². The maximum absolute atomic E-state index is 5.41. The Kier molecular flexibility index (Phi) is 4.10. The van der Waals surface area contributed by atoms with Crippen LogP contribution < -0.4 is 10.5 Å². The zero-order valence-corrected chi connectivity index (χ0v) is 9.50. The van der Waals surface area contributed by atoms with Crippen molar-refractivity contribution in [3.63, 3.8) is 0 Å². The largest absolute Gasteiger partial charge is 0.450 e. The number of rotatable bonds is 6. The van der Waals surface area contributed by atoms with Gasteiger partial charge in [-0.3, -0.25) is 4.98 Å². The Hall–Kier alpha value is -1.88. The highest BCUT2D eigenvalue weighted by molar-refractivity contribution is 5.09. The standard InChI is InChI=1S/C12H15N3O2/c13-8-11-9-17-12(15-11)16-7-1-2-10-3-5-14-6-4-10/h3-6,9H,1-2,7-8,13H2. The Morgan fingerprint density at radius 3 is 2.82 bits per heavy atom. The minimum Gasteiger partial charge on any atom is -0.450 e. The molecule has 17 heavy (non-hydrogen) atoms. The van der Waals surface area contributed by atoms with Crippen LogP contribution in [-0.2, 0) is 13.0 Å². The normalized spacial score (nSPS) is 10.4. The minimum atomic E-state index is 0.292. The molecule has 2 rings (SSSR count). The lowest BCUT2D eigenvalue weighted by Gasteiger charge is -2.01. The summed E-state index contributed by atoms with van der Waals surface area (Å²) in [5, 5.41) is 0. The third-order valence-corrected chi connectivity index (χ3v) is 2.32. The number of hydrogen-bond donors (Lipinski definition) is 1. The van der Waals surface area contributed by atoms with Crippen LogP contribution in [0.3, 0.4) is 0 Å². The summed E-state index contributed by atoms with van der Waals surface area (Å²) in [7, 11) is 0. The maximum Gasteiger partial charge on any atom is 0.393 e. The molecule has 0 unspecified atom stereocenters. The van der Waals surface area contributed by atoms with Gasteiger partial charge in [-0.25, -0.2) is 0 Å². The highest BCUT2D eigenvalue weighted by Gasteiger charge is 2.02. The molecule has 0 aliphatic rings. The van der Waals surface area contributed by atoms with E-state index in [0.717, 1.165) is 12.8 Å². The summed E-state index contributed by atoms with van der Waals surface area (Å²) in [6.07, 6.45) is 7.24. The number of ether oxygens (including phenoxy) is 1. The van der Waals surface area contributed by atoms with Crippen LogP contribution in [0, 0.1) is 0 Å². The van der Waals surface area contributed by atoms with Gasteiger partial charge in [-0.05, 0) is 30.5 Å². The summed E-state index contributed by atoms with van der Waals surface area (Å²) >= 11 is 0. The van der Waals surface area contributed by atoms with Gasteiger partial charge in [0, 0.05) is 18.9 Å². The molecule has 0 radical (unpaired) electrons. The second-order valence-corrected chi connectivity index (χ2v) is 3.62. The van der Waals surface area contributed by atoms with E-state index in [-0.39, 0.29) is 0 Å². The molecule has 0 aliphatic heterocycles. The van der Waals surface area contributed by atoms with Crippen molar-refractivity contribution >= 4 is 0 Å². The van der Waals surface area contributed by atoms with Crippen molar-refractivity contribution in [2.45, 2.75) is 19.4 Å². The van der Waals surface area contributed by atoms with E-state index in [1.54, 1.807) is 12.4 Å². The first kappa shape index (κ1) is 11.6. The second kappa shape index (κ2) is 6.00. The fraction of sp³-hybridized carbons (Fsp3) is 0.333. The fourth-order valence-corrected chi connectivity index (χ4v) is 1.43. The van der Waals surface area contributed by atoms with Crippen LogP contribution in [0.5, 0.6) is 6.08 Å². The number of nitrogens with two attached hydrogens (primary N) is 1. The highest BCUT2D eigenvalue weighted by Crippen LogP contribution is 2.10. The Morgan fingerprint density at radius 2 is 2.12 bits per heavy atom. The number of oxazole rings is 1. The molecule has 0 aromatic carbocycles. The van der Waals surface area contributed by atoms with Crippen molar-refractivity contribution in [2.75, 3.05) is 6.61 Å². The quantitative estimate of drug-likeness (QED) is 0.766. The molecule has 0 atom stereocenters. The van der Waals surface area contributed by atoms with E-state index in [1.165, 1.54) is 11.8 Å². The van der Waals surface area contributed by atoms with Crippen LogP contribution in [-0.4, -0.2) is 16.6 Å². The zero-order valence-electron chi connectivity index (χ0n) is 9.50. The minimum absolute atomic E-state index is 0.292. The number of aryl methyl sites for hydroxylation is 1. The lowest BCUT2D eigenvalue weighted by Crippen LogP contribution is -2.00. The number of nitrogens with zero attached hydrogens (tertiary/aromatic N) is 2. The molecule has 5 heteroatoms. The Bertz CT molecular complexity index is 442. The zero-order chi connectivity index (χ0) is 11.9. The molecular formula is C12H15N3O2. The van der Waals surface area contributed by atoms with Gasteiger partial charge in [-0.15, -0.1) is 0 Å². The summed E-state index contributed by atoms with van der Waals surface area (Å²) in [5.41, 5.74) is 7.36. The topological polar surface area (TPSA) is 74.2 Å². The monoisotopic (exact) mass is 233 g/mol. The van der Waals surface area contributed by atoms with Crippen molar-refractivity contribution < 1.29 is 9.15 Å². The summed E-state index contributed by atoms with van der Waals surface area (Å²) in [6, 6.07) is 4.00. The van der Waals surface area contributed by atoms with Crippen LogP contribution in [0.2, 0.25) is 0 Å². The van der Waals surface area contributed by atoms with Crippen LogP contribution in [0.1, 0.15) is 17.7 Å². The molecule has 2 heterocycles. The first-order valence-electron chi connectivity index (χ1n) is 5.54. The van der Waals surface area contributed by atoms with E-state index in [1.807, 2.05) is 12.1 Å². The van der Waals surface area contributed by atoms with Crippen molar-refractivity contribution in [3.8, 4) is 6.08 Å². The van der Waals surface area contributed by atoms with E-state index >= 15 is 0 Å². The highest BCUT2D eigenvalue weighted by atomic mass is 16.6. The lowest BCUT2D eigenvalue weighted by molar-refractivity contribution is 0.227. The summed E-state index contributed by atoms with van der Waals surface area (Å²) < 4.78 is 10.4. The van der Waals surface area contributed by atoms with Gasteiger partial charge in [0.2, 0.25) is 0 Å². The lowest BCUT2D eigenvalue weighted by atomic mass is 10.1. The third-order valence-electron chi connectivity index (χ3n) is 2.32. The summed E-state index contributed by atoms with van der Waals surface area (Å²) in [5.74, 6) is 0. The van der Waals surface area contributed by atoms with E-state index in [9.17, 15) is 0 Å². The molecule has 0 aliphatic carbocycles. The average molecular weight is 233 g/mol. The predicted molar refractivity (Wildman–Crippen MR) is 62.4 cm³/mol. The van der Waals surface area contributed by atoms with Crippen molar-refractivity contribution in [2.24, 2.45) is 5.73 Å². The van der Waals surface area contributed by atoms with Gasteiger partial charge in [0.25, 0.3) is 0 Å². The predicted octanol–water partition coefficient (Wildman–Crippen LogP) is 1.54. The van der Waals surface area contributed by atoms with E-state index in [2.05, 4.69) is 9.97 Å². The average Bonchev–Trinajstić information content (AvgIpc) is 2.84. The summed E-state index contributed by atoms with van der Waals surface area (Å²) in [4.78, 5) is 8.01. The molecule has 2 aromatic rings. The van der Waals surface area contributed by atoms with Gasteiger partial charge in [0.15, 0.2) is 0 Å². The van der Waals surface area contributed by atoms with Crippen molar-refractivity contribution in [1.82, 2.24) is 9.97 Å². The molecule has 2 N–H and O–H groups in total. The van der Waals surface area contributed by atoms with Gasteiger partial charge < -0.3 is 14.9 Å². The van der Waals surface area contributed by atoms with Crippen LogP contribution in [0.15, 0.2) is 35.2 Å². The van der Waals surface area contributed by atoms with Crippen molar-refractivity contribution in [1.29, 1.82) is 0 Å². The molecule has 0 spiro atoms. The number of pyridine rings is 1. The Labute approximate surface area is 99.6 Å². The van der Waals surface area contributed by atoms with Crippen LogP contribution in [0.25, 0.3) is 0 Å². The molecule has 0 bridgehead atoms. The Morgan fingerprint density at radius 1 is 1.29 bits per heavy atom. The fourth-order valence-electron chi connectivity index (χ4n) is 1.43. The van der Waals surface area contributed by atoms with E-state index < -0.39 is 0 Å². The van der Waals surface area contributed by atoms with Crippen LogP contribution in [0.4, 0.5) is 0 Å².